The molecular formula is C47H28N4O2S. The quantitative estimate of drug-likeness (QED) is 0.171. The van der Waals surface area contributed by atoms with Gasteiger partial charge in [-0.05, 0) is 114 Å². The highest BCUT2D eigenvalue weighted by Crippen LogP contribution is 2.40. The van der Waals surface area contributed by atoms with Gasteiger partial charge in [0.2, 0.25) is 11.8 Å². The van der Waals surface area contributed by atoms with E-state index in [0.717, 1.165) is 67.0 Å². The first-order valence-electron chi connectivity index (χ1n) is 17.7. The minimum absolute atomic E-state index is 0.598. The van der Waals surface area contributed by atoms with Gasteiger partial charge in [-0.1, -0.05) is 66.7 Å². The Hall–Kier alpha value is -7.09. The largest absolute Gasteiger partial charge is 0.436 e. The minimum atomic E-state index is 0.598. The number of pyridine rings is 1. The van der Waals surface area contributed by atoms with Crippen LogP contribution in [0.25, 0.3) is 87.4 Å². The van der Waals surface area contributed by atoms with Crippen molar-refractivity contribution < 1.29 is 8.83 Å². The summed E-state index contributed by atoms with van der Waals surface area (Å²) >= 11 is 1.80. The van der Waals surface area contributed by atoms with Crippen molar-refractivity contribution in [3.05, 3.63) is 170 Å². The molecule has 0 radical (unpaired) electrons. The maximum absolute atomic E-state index is 6.08. The highest BCUT2D eigenvalue weighted by Gasteiger charge is 2.17. The summed E-state index contributed by atoms with van der Waals surface area (Å²) in [4.78, 5) is 16.7. The van der Waals surface area contributed by atoms with Crippen LogP contribution in [0.3, 0.4) is 0 Å². The van der Waals surface area contributed by atoms with Crippen molar-refractivity contribution >= 4 is 81.8 Å². The van der Waals surface area contributed by atoms with Crippen molar-refractivity contribution in [3.8, 4) is 34.0 Å². The van der Waals surface area contributed by atoms with Crippen molar-refractivity contribution in [1.82, 2.24) is 15.0 Å². The standard InChI is InChI=1S/C47H28N4O2S/c1-2-8-38-33(7-1)28-44-45(48-38)37-26-19-32(27-43(37)54-44)29-13-20-34(21-14-29)51(35-22-15-30(16-23-35)46-49-39-9-3-5-11-41(39)52-46)36-24-17-31(18-25-36)47-50-40-10-4-6-12-42(40)53-47/h1-28H. The molecule has 4 heterocycles. The van der Waals surface area contributed by atoms with Gasteiger partial charge in [0.1, 0.15) is 11.0 Å². The minimum Gasteiger partial charge on any atom is -0.436 e. The number of nitrogens with zero attached hydrogens (tertiary/aromatic N) is 4. The van der Waals surface area contributed by atoms with Crippen LogP contribution < -0.4 is 4.90 Å². The van der Waals surface area contributed by atoms with Gasteiger partial charge in [0, 0.05) is 43.7 Å². The van der Waals surface area contributed by atoms with Crippen molar-refractivity contribution in [3.63, 3.8) is 0 Å². The molecule has 0 aliphatic heterocycles. The van der Waals surface area contributed by atoms with Crippen LogP contribution >= 0.6 is 11.3 Å². The molecule has 0 bridgehead atoms. The Morgan fingerprint density at radius 3 is 1.48 bits per heavy atom. The number of oxazole rings is 2. The van der Waals surface area contributed by atoms with E-state index in [1.165, 1.54) is 25.7 Å². The van der Waals surface area contributed by atoms with Crippen molar-refractivity contribution in [2.45, 2.75) is 0 Å². The van der Waals surface area contributed by atoms with Crippen LogP contribution in [-0.4, -0.2) is 15.0 Å². The smallest absolute Gasteiger partial charge is 0.227 e. The molecular weight excluding hydrogens is 685 g/mol. The van der Waals surface area contributed by atoms with Gasteiger partial charge < -0.3 is 13.7 Å². The predicted octanol–water partition coefficient (Wildman–Crippen LogP) is 13.4. The molecule has 0 saturated heterocycles. The Morgan fingerprint density at radius 2 is 0.907 bits per heavy atom. The molecule has 7 heteroatoms. The number of rotatable bonds is 6. The van der Waals surface area contributed by atoms with E-state index in [2.05, 4.69) is 120 Å². The molecule has 0 N–H and O–H groups in total. The molecule has 0 unspecified atom stereocenters. The van der Waals surface area contributed by atoms with Crippen molar-refractivity contribution in [2.24, 2.45) is 0 Å². The van der Waals surface area contributed by atoms with Crippen molar-refractivity contribution in [1.29, 1.82) is 0 Å². The molecule has 4 aromatic heterocycles. The van der Waals surface area contributed by atoms with Crippen LogP contribution in [0.4, 0.5) is 17.1 Å². The molecule has 0 saturated carbocycles. The first kappa shape index (κ1) is 30.5. The van der Waals surface area contributed by atoms with E-state index in [4.69, 9.17) is 23.8 Å². The first-order chi connectivity index (χ1) is 26.7. The molecule has 11 rings (SSSR count). The summed E-state index contributed by atoms with van der Waals surface area (Å²) < 4.78 is 14.6. The van der Waals surface area contributed by atoms with Gasteiger partial charge >= 0.3 is 0 Å². The van der Waals surface area contributed by atoms with Crippen LogP contribution in [0.2, 0.25) is 0 Å². The Labute approximate surface area is 313 Å². The van der Waals surface area contributed by atoms with Gasteiger partial charge in [0.05, 0.1) is 15.7 Å². The molecule has 54 heavy (non-hydrogen) atoms. The second-order valence-electron chi connectivity index (χ2n) is 13.3. The van der Waals surface area contributed by atoms with E-state index < -0.39 is 0 Å². The SMILES string of the molecule is c1ccc2nc3c(cc2c1)sc1cc(-c2ccc(N(c4ccc(-c5nc6ccccc6o5)cc4)c4ccc(-c5nc6ccccc6o5)cc4)cc2)ccc13. The van der Waals surface area contributed by atoms with Crippen LogP contribution in [0.5, 0.6) is 0 Å². The summed E-state index contributed by atoms with van der Waals surface area (Å²) in [5.41, 5.74) is 12.5. The summed E-state index contributed by atoms with van der Waals surface area (Å²) in [6.07, 6.45) is 0. The number of fused-ring (bicyclic) bond motifs is 6. The Balaban J connectivity index is 0.958. The summed E-state index contributed by atoms with van der Waals surface area (Å²) in [6, 6.07) is 58.4. The van der Waals surface area contributed by atoms with E-state index in [0.29, 0.717) is 11.8 Å². The number of aromatic nitrogens is 3. The third kappa shape index (κ3) is 5.21. The van der Waals surface area contributed by atoms with E-state index in [1.807, 2.05) is 54.6 Å². The Morgan fingerprint density at radius 1 is 0.407 bits per heavy atom. The number of benzene rings is 7. The summed E-state index contributed by atoms with van der Waals surface area (Å²) in [7, 11) is 0. The monoisotopic (exact) mass is 712 g/mol. The van der Waals surface area contributed by atoms with E-state index in [-0.39, 0.29) is 0 Å². The lowest BCUT2D eigenvalue weighted by Crippen LogP contribution is -2.09. The summed E-state index contributed by atoms with van der Waals surface area (Å²) in [5, 5.41) is 2.36. The van der Waals surface area contributed by atoms with E-state index in [9.17, 15) is 0 Å². The fraction of sp³-hybridized carbons (Fsp3) is 0. The van der Waals surface area contributed by atoms with Gasteiger partial charge in [-0.15, -0.1) is 11.3 Å². The predicted molar refractivity (Wildman–Crippen MR) is 221 cm³/mol. The van der Waals surface area contributed by atoms with Crippen LogP contribution in [0.15, 0.2) is 179 Å². The molecule has 0 spiro atoms. The zero-order valence-electron chi connectivity index (χ0n) is 28.7. The van der Waals surface area contributed by atoms with Gasteiger partial charge in [0.25, 0.3) is 0 Å². The fourth-order valence-corrected chi connectivity index (χ4v) is 8.35. The lowest BCUT2D eigenvalue weighted by Gasteiger charge is -2.26. The van der Waals surface area contributed by atoms with Crippen LogP contribution in [0, 0.1) is 0 Å². The van der Waals surface area contributed by atoms with Gasteiger partial charge in [-0.25, -0.2) is 15.0 Å². The Kier molecular flexibility index (Phi) is 6.93. The third-order valence-electron chi connectivity index (χ3n) is 9.94. The van der Waals surface area contributed by atoms with Gasteiger partial charge in [0.15, 0.2) is 11.2 Å². The molecule has 0 amide bonds. The Bertz CT molecular complexity index is 2980. The molecule has 7 aromatic carbocycles. The normalized spacial score (nSPS) is 11.7. The average molecular weight is 713 g/mol. The number of hydrogen-bond donors (Lipinski definition) is 0. The average Bonchev–Trinajstić information content (AvgIpc) is 3.96. The van der Waals surface area contributed by atoms with Gasteiger partial charge in [-0.3, -0.25) is 0 Å². The number of anilines is 3. The van der Waals surface area contributed by atoms with E-state index in [1.54, 1.807) is 11.3 Å². The molecule has 11 aromatic rings. The highest BCUT2D eigenvalue weighted by atomic mass is 32.1. The molecule has 0 fully saturated rings. The number of hydrogen-bond acceptors (Lipinski definition) is 7. The molecule has 0 aliphatic carbocycles. The number of thiophene rings is 1. The third-order valence-corrected chi connectivity index (χ3v) is 11.0. The number of para-hydroxylation sites is 5. The first-order valence-corrected chi connectivity index (χ1v) is 18.6. The maximum atomic E-state index is 6.08. The van der Waals surface area contributed by atoms with Crippen molar-refractivity contribution in [2.75, 3.05) is 4.90 Å². The van der Waals surface area contributed by atoms with Crippen LogP contribution in [0.1, 0.15) is 0 Å². The van der Waals surface area contributed by atoms with E-state index >= 15 is 0 Å². The molecule has 0 aliphatic rings. The molecule has 254 valence electrons. The topological polar surface area (TPSA) is 68.2 Å². The van der Waals surface area contributed by atoms with Crippen LogP contribution in [-0.2, 0) is 0 Å². The second kappa shape index (κ2) is 12.3. The zero-order valence-corrected chi connectivity index (χ0v) is 29.5. The zero-order chi connectivity index (χ0) is 35.6. The molecule has 0 atom stereocenters. The maximum Gasteiger partial charge on any atom is 0.227 e. The fourth-order valence-electron chi connectivity index (χ4n) is 7.22. The summed E-state index contributed by atoms with van der Waals surface area (Å²) in [6.45, 7) is 0. The van der Waals surface area contributed by atoms with Gasteiger partial charge in [-0.2, -0.15) is 0 Å². The highest BCUT2D eigenvalue weighted by molar-refractivity contribution is 7.25. The lowest BCUT2D eigenvalue weighted by molar-refractivity contribution is 0.619. The second-order valence-corrected chi connectivity index (χ2v) is 14.4. The lowest BCUT2D eigenvalue weighted by atomic mass is 10.0. The molecule has 6 nitrogen and oxygen atoms in total. The summed E-state index contributed by atoms with van der Waals surface area (Å²) in [5.74, 6) is 1.20.